The van der Waals surface area contributed by atoms with Crippen molar-refractivity contribution in [2.24, 2.45) is 0 Å². The topological polar surface area (TPSA) is 66.4 Å². The lowest BCUT2D eigenvalue weighted by Crippen LogP contribution is -2.43. The van der Waals surface area contributed by atoms with E-state index in [-0.39, 0.29) is 5.91 Å². The normalized spacial score (nSPS) is 16.4. The maximum atomic E-state index is 12.0. The molecule has 1 aromatic rings. The highest BCUT2D eigenvalue weighted by Gasteiger charge is 2.51. The van der Waals surface area contributed by atoms with Gasteiger partial charge in [0.15, 0.2) is 0 Å². The van der Waals surface area contributed by atoms with Crippen molar-refractivity contribution < 1.29 is 14.7 Å². The summed E-state index contributed by atoms with van der Waals surface area (Å²) in [5.41, 5.74) is 0.404. The van der Waals surface area contributed by atoms with E-state index in [0.29, 0.717) is 18.4 Å². The lowest BCUT2D eigenvalue weighted by molar-refractivity contribution is -0.140. The van der Waals surface area contributed by atoms with Gasteiger partial charge in [-0.2, -0.15) is 0 Å². The molecule has 5 heteroatoms. The van der Waals surface area contributed by atoms with E-state index in [1.807, 2.05) is 13.0 Å². The molecule has 0 heterocycles. The second-order valence-corrected chi connectivity index (χ2v) is 5.42. The average Bonchev–Trinajstić information content (AvgIpc) is 3.03. The minimum Gasteiger partial charge on any atom is -0.480 e. The molecule has 0 spiro atoms. The molecule has 0 aromatic heterocycles. The summed E-state index contributed by atoms with van der Waals surface area (Å²) in [6.07, 6.45) is 1.02. The maximum absolute atomic E-state index is 12.0. The van der Waals surface area contributed by atoms with Gasteiger partial charge in [-0.1, -0.05) is 6.07 Å². The number of aliphatic carboxylic acids is 1. The number of carboxylic acids is 1. The Balaban J connectivity index is 2.21. The van der Waals surface area contributed by atoms with Gasteiger partial charge in [-0.3, -0.25) is 4.79 Å². The third-order valence-corrected chi connectivity index (χ3v) is 4.19. The number of carboxylic acid groups (broad SMARTS) is 1. The molecule has 0 atom stereocenters. The molecule has 2 rings (SSSR count). The number of halogens is 1. The third-order valence-electron chi connectivity index (χ3n) is 3.02. The molecule has 17 heavy (non-hydrogen) atoms. The highest BCUT2D eigenvalue weighted by Crippen LogP contribution is 2.36. The second-order valence-electron chi connectivity index (χ2n) is 4.25. The van der Waals surface area contributed by atoms with E-state index in [0.717, 1.165) is 9.13 Å². The van der Waals surface area contributed by atoms with E-state index in [9.17, 15) is 9.59 Å². The fourth-order valence-electron chi connectivity index (χ4n) is 1.66. The van der Waals surface area contributed by atoms with Crippen LogP contribution in [-0.4, -0.2) is 22.5 Å². The van der Waals surface area contributed by atoms with Crippen LogP contribution in [0.5, 0.6) is 0 Å². The van der Waals surface area contributed by atoms with Crippen molar-refractivity contribution in [3.05, 3.63) is 32.9 Å². The summed E-state index contributed by atoms with van der Waals surface area (Å²) in [5.74, 6) is -1.25. The molecule has 0 bridgehead atoms. The molecule has 1 amide bonds. The number of carbonyl (C=O) groups is 2. The molecule has 0 aliphatic heterocycles. The van der Waals surface area contributed by atoms with Gasteiger partial charge in [-0.05, 0) is 60.1 Å². The van der Waals surface area contributed by atoms with Gasteiger partial charge < -0.3 is 10.4 Å². The van der Waals surface area contributed by atoms with Crippen molar-refractivity contribution in [2.45, 2.75) is 25.3 Å². The van der Waals surface area contributed by atoms with Gasteiger partial charge in [0, 0.05) is 9.13 Å². The highest BCUT2D eigenvalue weighted by atomic mass is 127. The van der Waals surface area contributed by atoms with Crippen molar-refractivity contribution in [1.29, 1.82) is 0 Å². The fraction of sp³-hybridized carbons (Fsp3) is 0.333. The zero-order chi connectivity index (χ0) is 12.6. The quantitative estimate of drug-likeness (QED) is 0.823. The van der Waals surface area contributed by atoms with Crippen LogP contribution < -0.4 is 5.32 Å². The van der Waals surface area contributed by atoms with Gasteiger partial charge in [0.05, 0.1) is 0 Å². The molecule has 1 aromatic carbocycles. The Hall–Kier alpha value is -1.11. The van der Waals surface area contributed by atoms with Crippen LogP contribution >= 0.6 is 22.6 Å². The summed E-state index contributed by atoms with van der Waals surface area (Å²) >= 11 is 2.15. The van der Waals surface area contributed by atoms with Crippen LogP contribution in [0.2, 0.25) is 0 Å². The predicted molar refractivity (Wildman–Crippen MR) is 71.0 cm³/mol. The number of benzene rings is 1. The largest absolute Gasteiger partial charge is 0.480 e. The van der Waals surface area contributed by atoms with Gasteiger partial charge in [-0.25, -0.2) is 4.79 Å². The molecule has 4 nitrogen and oxygen atoms in total. The highest BCUT2D eigenvalue weighted by molar-refractivity contribution is 14.1. The zero-order valence-corrected chi connectivity index (χ0v) is 11.4. The summed E-state index contributed by atoms with van der Waals surface area (Å²) in [6, 6.07) is 5.42. The van der Waals surface area contributed by atoms with Crippen LogP contribution in [0, 0.1) is 10.5 Å². The van der Waals surface area contributed by atoms with Crippen LogP contribution in [-0.2, 0) is 4.79 Å². The minimum absolute atomic E-state index is 0.305. The summed E-state index contributed by atoms with van der Waals surface area (Å²) in [6.45, 7) is 1.86. The number of rotatable bonds is 3. The first-order chi connectivity index (χ1) is 7.96. The van der Waals surface area contributed by atoms with Crippen LogP contribution in [0.15, 0.2) is 18.2 Å². The number of hydrogen-bond acceptors (Lipinski definition) is 2. The monoisotopic (exact) mass is 345 g/mol. The molecule has 2 N–H and O–H groups in total. The molecule has 0 saturated heterocycles. The van der Waals surface area contributed by atoms with Crippen molar-refractivity contribution in [3.63, 3.8) is 0 Å². The summed E-state index contributed by atoms with van der Waals surface area (Å²) in [5, 5.41) is 11.6. The summed E-state index contributed by atoms with van der Waals surface area (Å²) in [7, 11) is 0. The van der Waals surface area contributed by atoms with Crippen LogP contribution in [0.1, 0.15) is 28.8 Å². The standard InChI is InChI=1S/C12H12INO3/c1-7-8(3-2-4-9(7)13)10(15)14-12(5-6-12)11(16)17/h2-4H,5-6H2,1H3,(H,14,15)(H,16,17). The lowest BCUT2D eigenvalue weighted by Gasteiger charge is -2.14. The predicted octanol–water partition coefficient (Wildman–Crippen LogP) is 1.95. The van der Waals surface area contributed by atoms with Crippen molar-refractivity contribution in [2.75, 3.05) is 0 Å². The molecular weight excluding hydrogens is 333 g/mol. The van der Waals surface area contributed by atoms with Crippen LogP contribution in [0.25, 0.3) is 0 Å². The molecule has 0 radical (unpaired) electrons. The first kappa shape index (κ1) is 12.3. The maximum Gasteiger partial charge on any atom is 0.329 e. The van der Waals surface area contributed by atoms with Crippen molar-refractivity contribution in [3.8, 4) is 0 Å². The molecule has 1 aliphatic carbocycles. The SMILES string of the molecule is Cc1c(I)cccc1C(=O)NC1(C(=O)O)CC1. The molecule has 0 unspecified atom stereocenters. The van der Waals surface area contributed by atoms with E-state index in [4.69, 9.17) is 5.11 Å². The Bertz CT molecular complexity index is 495. The van der Waals surface area contributed by atoms with Gasteiger partial charge >= 0.3 is 5.97 Å². The van der Waals surface area contributed by atoms with E-state index in [1.165, 1.54) is 0 Å². The Morgan fingerprint density at radius 2 is 2.06 bits per heavy atom. The summed E-state index contributed by atoms with van der Waals surface area (Å²) in [4.78, 5) is 23.0. The van der Waals surface area contributed by atoms with E-state index < -0.39 is 11.5 Å². The first-order valence-corrected chi connectivity index (χ1v) is 6.35. The first-order valence-electron chi connectivity index (χ1n) is 5.27. The van der Waals surface area contributed by atoms with Crippen molar-refractivity contribution >= 4 is 34.5 Å². The molecule has 1 fully saturated rings. The van der Waals surface area contributed by atoms with E-state index >= 15 is 0 Å². The van der Waals surface area contributed by atoms with E-state index in [2.05, 4.69) is 27.9 Å². The molecule has 1 aliphatic rings. The number of nitrogens with one attached hydrogen (secondary N) is 1. The Morgan fingerprint density at radius 3 is 2.59 bits per heavy atom. The van der Waals surface area contributed by atoms with Gasteiger partial charge in [0.25, 0.3) is 5.91 Å². The Labute approximate surface area is 113 Å². The number of hydrogen-bond donors (Lipinski definition) is 2. The van der Waals surface area contributed by atoms with Gasteiger partial charge in [0.2, 0.25) is 0 Å². The molecule has 1 saturated carbocycles. The zero-order valence-electron chi connectivity index (χ0n) is 9.29. The van der Waals surface area contributed by atoms with Crippen LogP contribution in [0.3, 0.4) is 0 Å². The molecular formula is C12H12INO3. The second kappa shape index (κ2) is 4.29. The summed E-state index contributed by atoms with van der Waals surface area (Å²) < 4.78 is 0.996. The van der Waals surface area contributed by atoms with E-state index in [1.54, 1.807) is 12.1 Å². The Kier molecular flexibility index (Phi) is 3.11. The average molecular weight is 345 g/mol. The third kappa shape index (κ3) is 2.29. The molecule has 90 valence electrons. The van der Waals surface area contributed by atoms with Gasteiger partial charge in [0.1, 0.15) is 5.54 Å². The smallest absolute Gasteiger partial charge is 0.329 e. The van der Waals surface area contributed by atoms with Crippen molar-refractivity contribution in [1.82, 2.24) is 5.32 Å². The lowest BCUT2D eigenvalue weighted by atomic mass is 10.1. The fourth-order valence-corrected chi connectivity index (χ4v) is 2.15. The Morgan fingerprint density at radius 1 is 1.41 bits per heavy atom. The van der Waals surface area contributed by atoms with Crippen LogP contribution in [0.4, 0.5) is 0 Å². The van der Waals surface area contributed by atoms with Gasteiger partial charge in [-0.15, -0.1) is 0 Å². The minimum atomic E-state index is -1.02. The number of amides is 1. The number of carbonyl (C=O) groups excluding carboxylic acids is 1.